The van der Waals surface area contributed by atoms with Crippen LogP contribution in [0.4, 0.5) is 0 Å². The van der Waals surface area contributed by atoms with Gasteiger partial charge >= 0.3 is 0 Å². The first-order chi connectivity index (χ1) is 11.9. The first kappa shape index (κ1) is 18.2. The van der Waals surface area contributed by atoms with Crippen LogP contribution in [0.3, 0.4) is 0 Å². The molecule has 0 bridgehead atoms. The number of carbonyl (C=O) groups excluding carboxylic acids is 1. The standard InChI is InChI=1S/C17H25N3O4S/c1-19-16(17(21)20-9-4-3-5-10-20)12-15(18-25(19,22)23)13-7-6-8-14(11-13)24-2/h6-8,11,15-16,18H,3-5,9-10,12H2,1-2H3/t15-,16+/m0/s1. The van der Waals surface area contributed by atoms with Crippen molar-refractivity contribution in [2.24, 2.45) is 0 Å². The Balaban J connectivity index is 1.86. The lowest BCUT2D eigenvalue weighted by Gasteiger charge is -2.39. The molecule has 1 N–H and O–H groups in total. The van der Waals surface area contributed by atoms with Gasteiger partial charge in [-0.05, 0) is 43.4 Å². The smallest absolute Gasteiger partial charge is 0.280 e. The van der Waals surface area contributed by atoms with Crippen molar-refractivity contribution in [2.75, 3.05) is 27.2 Å². The molecule has 0 spiro atoms. The Morgan fingerprint density at radius 1 is 1.24 bits per heavy atom. The summed E-state index contributed by atoms with van der Waals surface area (Å²) in [5.41, 5.74) is 0.799. The van der Waals surface area contributed by atoms with Crippen LogP contribution in [-0.2, 0) is 15.0 Å². The van der Waals surface area contributed by atoms with Crippen molar-refractivity contribution in [3.63, 3.8) is 0 Å². The maximum atomic E-state index is 12.9. The minimum absolute atomic E-state index is 0.0971. The van der Waals surface area contributed by atoms with Gasteiger partial charge in [-0.1, -0.05) is 12.1 Å². The molecule has 2 aliphatic heterocycles. The van der Waals surface area contributed by atoms with Gasteiger partial charge in [-0.15, -0.1) is 0 Å². The van der Waals surface area contributed by atoms with Crippen molar-refractivity contribution in [3.8, 4) is 5.75 Å². The van der Waals surface area contributed by atoms with E-state index in [0.29, 0.717) is 25.3 Å². The number of likely N-dealkylation sites (tertiary alicyclic amines) is 1. The third kappa shape index (κ3) is 3.80. The van der Waals surface area contributed by atoms with Gasteiger partial charge in [0.1, 0.15) is 11.8 Å². The first-order valence-corrected chi connectivity index (χ1v) is 10.0. The Labute approximate surface area is 149 Å². The van der Waals surface area contributed by atoms with Gasteiger partial charge in [-0.2, -0.15) is 17.4 Å². The number of ether oxygens (including phenoxy) is 1. The molecule has 2 aliphatic rings. The highest BCUT2D eigenvalue weighted by atomic mass is 32.2. The van der Waals surface area contributed by atoms with E-state index in [1.54, 1.807) is 18.1 Å². The van der Waals surface area contributed by atoms with Gasteiger partial charge in [0.2, 0.25) is 5.91 Å². The van der Waals surface area contributed by atoms with E-state index in [-0.39, 0.29) is 5.91 Å². The molecular weight excluding hydrogens is 342 g/mol. The van der Waals surface area contributed by atoms with Crippen LogP contribution >= 0.6 is 0 Å². The number of nitrogens with zero attached hydrogens (tertiary/aromatic N) is 2. The number of amides is 1. The van der Waals surface area contributed by atoms with Crippen LogP contribution in [0.1, 0.15) is 37.3 Å². The van der Waals surface area contributed by atoms with Crippen molar-refractivity contribution >= 4 is 16.1 Å². The fraction of sp³-hybridized carbons (Fsp3) is 0.588. The fourth-order valence-corrected chi connectivity index (χ4v) is 4.76. The summed E-state index contributed by atoms with van der Waals surface area (Å²) < 4.78 is 34.1. The van der Waals surface area contributed by atoms with E-state index in [4.69, 9.17) is 4.74 Å². The summed E-state index contributed by atoms with van der Waals surface area (Å²) in [5, 5.41) is 0. The molecule has 138 valence electrons. The van der Waals surface area contributed by atoms with Crippen molar-refractivity contribution in [2.45, 2.75) is 37.8 Å². The average molecular weight is 367 g/mol. The zero-order chi connectivity index (χ0) is 18.0. The summed E-state index contributed by atoms with van der Waals surface area (Å²) in [4.78, 5) is 14.7. The Morgan fingerprint density at radius 3 is 2.64 bits per heavy atom. The van der Waals surface area contributed by atoms with Crippen LogP contribution in [0.15, 0.2) is 24.3 Å². The minimum Gasteiger partial charge on any atom is -0.497 e. The highest BCUT2D eigenvalue weighted by Gasteiger charge is 2.42. The minimum atomic E-state index is -3.72. The van der Waals surface area contributed by atoms with Gasteiger partial charge in [0.05, 0.1) is 13.2 Å². The number of hydrogen-bond donors (Lipinski definition) is 1. The molecule has 1 aromatic rings. The number of piperidine rings is 1. The fourth-order valence-electron chi connectivity index (χ4n) is 3.49. The van der Waals surface area contributed by atoms with Gasteiger partial charge < -0.3 is 9.64 Å². The number of benzene rings is 1. The van der Waals surface area contributed by atoms with Crippen molar-refractivity contribution < 1.29 is 17.9 Å². The first-order valence-electron chi connectivity index (χ1n) is 8.60. The van der Waals surface area contributed by atoms with E-state index in [1.165, 1.54) is 11.4 Å². The highest BCUT2D eigenvalue weighted by molar-refractivity contribution is 7.87. The van der Waals surface area contributed by atoms with Gasteiger partial charge in [0, 0.05) is 20.1 Å². The van der Waals surface area contributed by atoms with E-state index < -0.39 is 22.3 Å². The summed E-state index contributed by atoms with van der Waals surface area (Å²) in [5.74, 6) is 0.565. The van der Waals surface area contributed by atoms with E-state index in [9.17, 15) is 13.2 Å². The average Bonchev–Trinajstić information content (AvgIpc) is 2.64. The lowest BCUT2D eigenvalue weighted by Crippen LogP contribution is -2.58. The van der Waals surface area contributed by atoms with Crippen LogP contribution in [0, 0.1) is 0 Å². The third-order valence-electron chi connectivity index (χ3n) is 5.02. The quantitative estimate of drug-likeness (QED) is 0.873. The van der Waals surface area contributed by atoms with E-state index in [0.717, 1.165) is 24.8 Å². The number of methoxy groups -OCH3 is 1. The molecular formula is C17H25N3O4S. The zero-order valence-corrected chi connectivity index (χ0v) is 15.5. The van der Waals surface area contributed by atoms with Crippen molar-refractivity contribution in [1.82, 2.24) is 13.9 Å². The van der Waals surface area contributed by atoms with Crippen LogP contribution in [-0.4, -0.2) is 56.8 Å². The molecule has 2 heterocycles. The molecule has 1 aromatic carbocycles. The molecule has 7 nitrogen and oxygen atoms in total. The lowest BCUT2D eigenvalue weighted by molar-refractivity contribution is -0.136. The molecule has 0 unspecified atom stereocenters. The second-order valence-electron chi connectivity index (χ2n) is 6.61. The predicted octanol–water partition coefficient (Wildman–Crippen LogP) is 1.29. The number of hydrogen-bond acceptors (Lipinski definition) is 4. The van der Waals surface area contributed by atoms with Gasteiger partial charge in [0.15, 0.2) is 0 Å². The van der Waals surface area contributed by atoms with Crippen LogP contribution in [0.25, 0.3) is 0 Å². The maximum absolute atomic E-state index is 12.9. The second kappa shape index (κ2) is 7.31. The Hall–Kier alpha value is -1.64. The topological polar surface area (TPSA) is 79.0 Å². The predicted molar refractivity (Wildman–Crippen MR) is 94.4 cm³/mol. The Kier molecular flexibility index (Phi) is 5.31. The largest absolute Gasteiger partial charge is 0.497 e. The van der Waals surface area contributed by atoms with Gasteiger partial charge in [0.25, 0.3) is 10.2 Å². The van der Waals surface area contributed by atoms with Crippen molar-refractivity contribution in [3.05, 3.63) is 29.8 Å². The Morgan fingerprint density at radius 2 is 1.96 bits per heavy atom. The van der Waals surface area contributed by atoms with E-state index in [2.05, 4.69) is 4.72 Å². The molecule has 0 aromatic heterocycles. The molecule has 0 aliphatic carbocycles. The molecule has 2 atom stereocenters. The van der Waals surface area contributed by atoms with Crippen LogP contribution < -0.4 is 9.46 Å². The van der Waals surface area contributed by atoms with E-state index >= 15 is 0 Å². The molecule has 0 radical (unpaired) electrons. The summed E-state index contributed by atoms with van der Waals surface area (Å²) in [7, 11) is -0.677. The molecule has 2 saturated heterocycles. The molecule has 1 amide bonds. The van der Waals surface area contributed by atoms with Gasteiger partial charge in [-0.3, -0.25) is 4.79 Å². The molecule has 8 heteroatoms. The summed E-state index contributed by atoms with van der Waals surface area (Å²) >= 11 is 0. The second-order valence-corrected chi connectivity index (χ2v) is 8.37. The SMILES string of the molecule is COc1cccc([C@@H]2C[C@H](C(=O)N3CCCCC3)N(C)S(=O)(=O)N2)c1. The monoisotopic (exact) mass is 367 g/mol. The zero-order valence-electron chi connectivity index (χ0n) is 14.6. The lowest BCUT2D eigenvalue weighted by atomic mass is 9.98. The van der Waals surface area contributed by atoms with Crippen LogP contribution in [0.2, 0.25) is 0 Å². The van der Waals surface area contributed by atoms with Crippen molar-refractivity contribution in [1.29, 1.82) is 0 Å². The van der Waals surface area contributed by atoms with E-state index in [1.807, 2.05) is 18.2 Å². The Bertz CT molecular complexity index is 731. The number of nitrogens with one attached hydrogen (secondary N) is 1. The van der Waals surface area contributed by atoms with Crippen LogP contribution in [0.5, 0.6) is 5.75 Å². The summed E-state index contributed by atoms with van der Waals surface area (Å²) in [6.07, 6.45) is 3.48. The number of likely N-dealkylation sites (N-methyl/N-ethyl adjacent to an activating group) is 1. The summed E-state index contributed by atoms with van der Waals surface area (Å²) in [6, 6.07) is 6.16. The third-order valence-corrected chi connectivity index (χ3v) is 6.61. The highest BCUT2D eigenvalue weighted by Crippen LogP contribution is 2.30. The molecule has 2 fully saturated rings. The molecule has 25 heavy (non-hydrogen) atoms. The number of rotatable bonds is 3. The summed E-state index contributed by atoms with van der Waals surface area (Å²) in [6.45, 7) is 1.42. The van der Waals surface area contributed by atoms with Gasteiger partial charge in [-0.25, -0.2) is 0 Å². The normalized spacial score (nSPS) is 27.0. The maximum Gasteiger partial charge on any atom is 0.280 e. The molecule has 0 saturated carbocycles. The molecule has 3 rings (SSSR count). The number of carbonyl (C=O) groups is 1.